The molecule has 0 spiro atoms. The molecule has 21 heavy (non-hydrogen) atoms. The Kier molecular flexibility index (Phi) is 5.43. The normalized spacial score (nSPS) is 16.5. The van der Waals surface area contributed by atoms with Crippen molar-refractivity contribution in [1.82, 2.24) is 0 Å². The van der Waals surface area contributed by atoms with Crippen molar-refractivity contribution in [1.29, 1.82) is 0 Å². The highest BCUT2D eigenvalue weighted by atomic mass is 16.5. The molecule has 0 saturated heterocycles. The van der Waals surface area contributed by atoms with E-state index in [1.54, 1.807) is 20.3 Å². The van der Waals surface area contributed by atoms with Crippen molar-refractivity contribution in [3.8, 4) is 11.5 Å². The van der Waals surface area contributed by atoms with Crippen LogP contribution >= 0.6 is 0 Å². The van der Waals surface area contributed by atoms with Gasteiger partial charge in [-0.25, -0.2) is 0 Å². The van der Waals surface area contributed by atoms with E-state index in [1.165, 1.54) is 12.8 Å². The number of carbonyl (C=O) groups is 1. The summed E-state index contributed by atoms with van der Waals surface area (Å²) in [6.07, 6.45) is 7.33. The summed E-state index contributed by atoms with van der Waals surface area (Å²) in [5.74, 6) is 1.95. The van der Waals surface area contributed by atoms with E-state index in [9.17, 15) is 4.79 Å². The average molecular weight is 288 g/mol. The Hall–Kier alpha value is -1.77. The Balaban J connectivity index is 2.29. The molecule has 1 fully saturated rings. The number of benzene rings is 1. The van der Waals surface area contributed by atoms with Gasteiger partial charge in [0.25, 0.3) is 0 Å². The van der Waals surface area contributed by atoms with Crippen LogP contribution in [0.5, 0.6) is 11.5 Å². The largest absolute Gasteiger partial charge is 0.497 e. The minimum absolute atomic E-state index is 0.0206. The highest BCUT2D eigenvalue weighted by molar-refractivity contribution is 6.00. The molecule has 1 aromatic carbocycles. The molecule has 0 aromatic heterocycles. The monoisotopic (exact) mass is 288 g/mol. The quantitative estimate of drug-likeness (QED) is 0.555. The lowest BCUT2D eigenvalue weighted by molar-refractivity contribution is 0.0871. The molecule has 0 bridgehead atoms. The molecule has 3 nitrogen and oxygen atoms in total. The van der Waals surface area contributed by atoms with Crippen LogP contribution in [-0.4, -0.2) is 20.0 Å². The number of Topliss-reactive ketones (excluding diaryl/α,β-unsaturated/α-hetero) is 1. The van der Waals surface area contributed by atoms with E-state index >= 15 is 0 Å². The van der Waals surface area contributed by atoms with E-state index in [2.05, 4.69) is 6.58 Å². The topological polar surface area (TPSA) is 35.5 Å². The summed E-state index contributed by atoms with van der Waals surface area (Å²) < 4.78 is 10.6. The van der Waals surface area contributed by atoms with Crippen LogP contribution in [0.15, 0.2) is 30.9 Å². The number of ether oxygens (including phenoxy) is 2. The van der Waals surface area contributed by atoms with Crippen LogP contribution in [0.1, 0.15) is 42.5 Å². The van der Waals surface area contributed by atoms with Crippen molar-refractivity contribution in [3.05, 3.63) is 36.4 Å². The van der Waals surface area contributed by atoms with Crippen LogP contribution in [0.2, 0.25) is 0 Å². The number of ketones is 1. The molecular formula is C18H24O3. The lowest BCUT2D eigenvalue weighted by atomic mass is 9.82. The molecule has 1 aliphatic carbocycles. The average Bonchev–Trinajstić information content (AvgIpc) is 3.05. The summed E-state index contributed by atoms with van der Waals surface area (Å²) in [5.41, 5.74) is 0.650. The van der Waals surface area contributed by atoms with Crippen LogP contribution in [0.4, 0.5) is 0 Å². The second-order valence-corrected chi connectivity index (χ2v) is 5.61. The molecule has 1 unspecified atom stereocenters. The van der Waals surface area contributed by atoms with Crippen LogP contribution in [0.3, 0.4) is 0 Å². The van der Waals surface area contributed by atoms with Crippen LogP contribution in [0.25, 0.3) is 0 Å². The minimum atomic E-state index is 0.0206. The molecule has 1 saturated carbocycles. The maximum Gasteiger partial charge on any atom is 0.170 e. The highest BCUT2D eigenvalue weighted by Crippen LogP contribution is 2.37. The fourth-order valence-corrected chi connectivity index (χ4v) is 3.25. The first kappa shape index (κ1) is 15.6. The van der Waals surface area contributed by atoms with Gasteiger partial charge in [0.2, 0.25) is 0 Å². The maximum atomic E-state index is 12.9. The molecule has 0 amide bonds. The lowest BCUT2D eigenvalue weighted by Gasteiger charge is -2.22. The molecule has 0 N–H and O–H groups in total. The van der Waals surface area contributed by atoms with Crippen molar-refractivity contribution in [2.75, 3.05) is 14.2 Å². The van der Waals surface area contributed by atoms with E-state index in [0.717, 1.165) is 19.3 Å². The van der Waals surface area contributed by atoms with Gasteiger partial charge in [-0.15, -0.1) is 6.58 Å². The Bertz CT molecular complexity index is 501. The Labute approximate surface area is 127 Å². The summed E-state index contributed by atoms with van der Waals surface area (Å²) >= 11 is 0. The molecular weight excluding hydrogens is 264 g/mol. The fraction of sp³-hybridized carbons (Fsp3) is 0.500. The van der Waals surface area contributed by atoms with Gasteiger partial charge in [0.05, 0.1) is 19.8 Å². The smallest absolute Gasteiger partial charge is 0.170 e. The zero-order valence-electron chi connectivity index (χ0n) is 12.9. The minimum Gasteiger partial charge on any atom is -0.497 e. The van der Waals surface area contributed by atoms with Crippen molar-refractivity contribution >= 4 is 5.78 Å². The summed E-state index contributed by atoms with van der Waals surface area (Å²) in [6, 6.07) is 5.40. The predicted octanol–water partition coefficient (Wildman–Crippen LogP) is 4.27. The van der Waals surface area contributed by atoms with Crippen molar-refractivity contribution < 1.29 is 14.3 Å². The Morgan fingerprint density at radius 3 is 2.62 bits per heavy atom. The van der Waals surface area contributed by atoms with Gasteiger partial charge in [-0.05, 0) is 37.3 Å². The summed E-state index contributed by atoms with van der Waals surface area (Å²) in [7, 11) is 3.19. The summed E-state index contributed by atoms with van der Waals surface area (Å²) in [4.78, 5) is 12.9. The van der Waals surface area contributed by atoms with Gasteiger partial charge in [0, 0.05) is 12.0 Å². The van der Waals surface area contributed by atoms with Crippen molar-refractivity contribution in [2.45, 2.75) is 32.1 Å². The van der Waals surface area contributed by atoms with Crippen molar-refractivity contribution in [3.63, 3.8) is 0 Å². The van der Waals surface area contributed by atoms with E-state index in [0.29, 0.717) is 23.0 Å². The molecule has 0 aliphatic heterocycles. The predicted molar refractivity (Wildman–Crippen MR) is 84.1 cm³/mol. The molecule has 3 heteroatoms. The molecule has 0 heterocycles. The molecule has 1 atom stereocenters. The zero-order valence-corrected chi connectivity index (χ0v) is 12.9. The van der Waals surface area contributed by atoms with Gasteiger partial charge in [0.15, 0.2) is 5.78 Å². The van der Waals surface area contributed by atoms with Gasteiger partial charge >= 0.3 is 0 Å². The van der Waals surface area contributed by atoms with E-state index < -0.39 is 0 Å². The molecule has 1 aromatic rings. The Morgan fingerprint density at radius 2 is 2.05 bits per heavy atom. The summed E-state index contributed by atoms with van der Waals surface area (Å²) in [5, 5.41) is 0. The molecule has 114 valence electrons. The van der Waals surface area contributed by atoms with Gasteiger partial charge < -0.3 is 9.47 Å². The number of carbonyl (C=O) groups excluding carboxylic acids is 1. The van der Waals surface area contributed by atoms with E-state index in [1.807, 2.05) is 18.2 Å². The highest BCUT2D eigenvalue weighted by Gasteiger charge is 2.31. The third-order valence-corrected chi connectivity index (χ3v) is 4.40. The first-order valence-electron chi connectivity index (χ1n) is 7.58. The van der Waals surface area contributed by atoms with Crippen molar-refractivity contribution in [2.24, 2.45) is 11.8 Å². The lowest BCUT2D eigenvalue weighted by Crippen LogP contribution is -2.22. The van der Waals surface area contributed by atoms with Gasteiger partial charge in [-0.2, -0.15) is 0 Å². The number of methoxy groups -OCH3 is 2. The van der Waals surface area contributed by atoms with Crippen LogP contribution < -0.4 is 9.47 Å². The van der Waals surface area contributed by atoms with Crippen LogP contribution in [-0.2, 0) is 0 Å². The number of allylic oxidation sites excluding steroid dienone is 1. The molecule has 2 rings (SSSR count). The number of rotatable bonds is 7. The standard InChI is InChI=1S/C18H24O3/c1-4-7-15(13-8-5-6-9-13)18(19)16-11-10-14(20-2)12-17(16)21-3/h4,10-13,15H,1,5-9H2,2-3H3. The first-order valence-corrected chi connectivity index (χ1v) is 7.58. The third-order valence-electron chi connectivity index (χ3n) is 4.40. The molecule has 0 radical (unpaired) electrons. The SMILES string of the molecule is C=CCC(C(=O)c1ccc(OC)cc1OC)C1CCCC1. The number of hydrogen-bond donors (Lipinski definition) is 0. The van der Waals surface area contributed by atoms with Gasteiger partial charge in [-0.3, -0.25) is 4.79 Å². The summed E-state index contributed by atoms with van der Waals surface area (Å²) in [6.45, 7) is 3.81. The first-order chi connectivity index (χ1) is 10.2. The second-order valence-electron chi connectivity index (χ2n) is 5.61. The van der Waals surface area contributed by atoms with E-state index in [-0.39, 0.29) is 11.7 Å². The van der Waals surface area contributed by atoms with Crippen LogP contribution in [0, 0.1) is 11.8 Å². The zero-order chi connectivity index (χ0) is 15.2. The molecule has 1 aliphatic rings. The third kappa shape index (κ3) is 3.46. The fourth-order valence-electron chi connectivity index (χ4n) is 3.25. The van der Waals surface area contributed by atoms with Gasteiger partial charge in [-0.1, -0.05) is 18.9 Å². The maximum absolute atomic E-state index is 12.9. The second kappa shape index (κ2) is 7.30. The number of hydrogen-bond acceptors (Lipinski definition) is 3. The Morgan fingerprint density at radius 1 is 1.33 bits per heavy atom. The van der Waals surface area contributed by atoms with Gasteiger partial charge in [0.1, 0.15) is 11.5 Å². The van der Waals surface area contributed by atoms with E-state index in [4.69, 9.17) is 9.47 Å².